The minimum absolute atomic E-state index is 0.0771. The minimum Gasteiger partial charge on any atom is -0.379 e. The van der Waals surface area contributed by atoms with Gasteiger partial charge >= 0.3 is 0 Å². The van der Waals surface area contributed by atoms with Crippen LogP contribution in [0.3, 0.4) is 0 Å². The van der Waals surface area contributed by atoms with Gasteiger partial charge in [0.25, 0.3) is 0 Å². The molecule has 3 aromatic heterocycles. The van der Waals surface area contributed by atoms with Crippen molar-refractivity contribution < 1.29 is 4.74 Å². The molecule has 10 heteroatoms. The number of H-pyrrole nitrogens is 1. The van der Waals surface area contributed by atoms with Crippen LogP contribution in [0, 0.1) is 0 Å². The number of anilines is 1. The van der Waals surface area contributed by atoms with Crippen molar-refractivity contribution in [3.8, 4) is 0 Å². The highest BCUT2D eigenvalue weighted by Gasteiger charge is 2.17. The highest BCUT2D eigenvalue weighted by Crippen LogP contribution is 2.34. The van der Waals surface area contributed by atoms with Crippen molar-refractivity contribution in [3.63, 3.8) is 0 Å². The number of fused-ring (bicyclic) bond motifs is 2. The van der Waals surface area contributed by atoms with Gasteiger partial charge in [-0.3, -0.25) is 4.90 Å². The normalized spacial score (nSPS) is 15.9. The molecule has 4 aromatic rings. The Morgan fingerprint density at radius 1 is 1.25 bits per heavy atom. The van der Waals surface area contributed by atoms with Crippen molar-refractivity contribution in [1.82, 2.24) is 29.8 Å². The van der Waals surface area contributed by atoms with Gasteiger partial charge in [0.05, 0.1) is 36.3 Å². The number of thioether (sulfide) groups is 1. The first kappa shape index (κ1) is 21.4. The van der Waals surface area contributed by atoms with E-state index in [0.717, 1.165) is 65.1 Å². The van der Waals surface area contributed by atoms with Crippen molar-refractivity contribution in [3.05, 3.63) is 47.6 Å². The van der Waals surface area contributed by atoms with Crippen LogP contribution in [0.1, 0.15) is 18.7 Å². The zero-order valence-electron chi connectivity index (χ0n) is 17.7. The molecule has 166 valence electrons. The molecule has 0 spiro atoms. The Hall–Kier alpha value is -2.46. The lowest BCUT2D eigenvalue weighted by Crippen LogP contribution is -2.37. The lowest BCUT2D eigenvalue weighted by atomic mass is 10.1. The summed E-state index contributed by atoms with van der Waals surface area (Å²) in [4.78, 5) is 23.4. The smallest absolute Gasteiger partial charge is 0.162 e. The second-order valence-corrected chi connectivity index (χ2v) is 9.17. The third-order valence-electron chi connectivity index (χ3n) is 5.56. The van der Waals surface area contributed by atoms with Gasteiger partial charge in [-0.15, -0.1) is 11.8 Å². The van der Waals surface area contributed by atoms with E-state index in [9.17, 15) is 0 Å². The summed E-state index contributed by atoms with van der Waals surface area (Å²) in [7, 11) is 0. The van der Waals surface area contributed by atoms with Crippen molar-refractivity contribution in [2.24, 2.45) is 0 Å². The summed E-state index contributed by atoms with van der Waals surface area (Å²) < 4.78 is 5.45. The number of benzene rings is 1. The number of nitrogens with one attached hydrogen (secondary N) is 2. The molecule has 0 saturated carbocycles. The van der Waals surface area contributed by atoms with E-state index in [1.165, 1.54) is 6.33 Å². The fourth-order valence-electron chi connectivity index (χ4n) is 3.82. The average Bonchev–Trinajstić information content (AvgIpc) is 3.30. The first-order valence-electron chi connectivity index (χ1n) is 10.6. The number of nitrogens with zero attached hydrogens (tertiary/aromatic N) is 5. The first-order chi connectivity index (χ1) is 15.7. The molecule has 1 saturated heterocycles. The van der Waals surface area contributed by atoms with E-state index in [-0.39, 0.29) is 6.04 Å². The molecule has 1 aliphatic rings. The quantitative estimate of drug-likeness (QED) is 0.390. The molecule has 1 aliphatic heterocycles. The van der Waals surface area contributed by atoms with E-state index in [1.807, 2.05) is 12.1 Å². The summed E-state index contributed by atoms with van der Waals surface area (Å²) in [6.07, 6.45) is 3.14. The fourth-order valence-corrected chi connectivity index (χ4v) is 5.24. The molecule has 8 nitrogen and oxygen atoms in total. The zero-order valence-corrected chi connectivity index (χ0v) is 19.3. The Bertz CT molecular complexity index is 1230. The van der Waals surface area contributed by atoms with Crippen LogP contribution in [-0.4, -0.2) is 68.4 Å². The number of morpholine rings is 1. The number of halogens is 1. The molecule has 32 heavy (non-hydrogen) atoms. The second-order valence-electron chi connectivity index (χ2n) is 7.68. The van der Waals surface area contributed by atoms with E-state index in [1.54, 1.807) is 18.1 Å². The summed E-state index contributed by atoms with van der Waals surface area (Å²) >= 11 is 8.33. The van der Waals surface area contributed by atoms with Crippen LogP contribution in [-0.2, 0) is 4.74 Å². The number of aromatic amines is 1. The minimum atomic E-state index is -0.0771. The summed E-state index contributed by atoms with van der Waals surface area (Å²) in [5.41, 5.74) is 2.34. The molecular weight excluding hydrogens is 446 g/mol. The maximum atomic E-state index is 6.58. The number of hydrogen-bond donors (Lipinski definition) is 2. The molecule has 0 aliphatic carbocycles. The van der Waals surface area contributed by atoms with Crippen LogP contribution in [0.4, 0.5) is 5.82 Å². The van der Waals surface area contributed by atoms with E-state index < -0.39 is 0 Å². The highest BCUT2D eigenvalue weighted by molar-refractivity contribution is 7.99. The molecule has 0 radical (unpaired) electrons. The average molecular weight is 470 g/mol. The van der Waals surface area contributed by atoms with Gasteiger partial charge in [-0.2, -0.15) is 0 Å². The van der Waals surface area contributed by atoms with Gasteiger partial charge in [0.2, 0.25) is 0 Å². The number of rotatable bonds is 7. The topological polar surface area (TPSA) is 91.9 Å². The van der Waals surface area contributed by atoms with Gasteiger partial charge in [-0.25, -0.2) is 19.9 Å². The third-order valence-corrected chi connectivity index (χ3v) is 6.83. The van der Waals surface area contributed by atoms with E-state index >= 15 is 0 Å². The molecule has 1 atom stereocenters. The third kappa shape index (κ3) is 4.52. The molecule has 1 aromatic carbocycles. The Kier molecular flexibility index (Phi) is 6.40. The molecule has 2 N–H and O–H groups in total. The van der Waals surface area contributed by atoms with Gasteiger partial charge in [-0.05, 0) is 24.4 Å². The monoisotopic (exact) mass is 469 g/mol. The van der Waals surface area contributed by atoms with Gasteiger partial charge in [0.1, 0.15) is 16.9 Å². The van der Waals surface area contributed by atoms with Crippen molar-refractivity contribution >= 4 is 51.1 Å². The number of pyridine rings is 1. The lowest BCUT2D eigenvalue weighted by Gasteiger charge is -2.26. The van der Waals surface area contributed by atoms with Crippen molar-refractivity contribution in [2.75, 3.05) is 43.9 Å². The van der Waals surface area contributed by atoms with Gasteiger partial charge in [0.15, 0.2) is 11.5 Å². The SMILES string of the molecule is CC(Nc1ncnc2[nH]cnc12)c1cc2cccc(Cl)c2c(SCCN2CCOCC2)n1. The number of hydrogen-bond acceptors (Lipinski definition) is 8. The van der Waals surface area contributed by atoms with Crippen molar-refractivity contribution in [2.45, 2.75) is 18.0 Å². The largest absolute Gasteiger partial charge is 0.379 e. The molecule has 5 rings (SSSR count). The van der Waals surface area contributed by atoms with Gasteiger partial charge < -0.3 is 15.0 Å². The first-order valence-corrected chi connectivity index (χ1v) is 12.0. The molecule has 4 heterocycles. The summed E-state index contributed by atoms with van der Waals surface area (Å²) in [6.45, 7) is 6.65. The van der Waals surface area contributed by atoms with Crippen LogP contribution in [0.15, 0.2) is 41.9 Å². The Labute approximate surface area is 195 Å². The summed E-state index contributed by atoms with van der Waals surface area (Å²) in [5, 5.41) is 7.21. The van der Waals surface area contributed by atoms with Crippen LogP contribution < -0.4 is 5.32 Å². The predicted octanol–water partition coefficient (Wildman–Crippen LogP) is 4.15. The standard InChI is InChI=1S/C22H24ClN7OS/c1-14(28-21-19-20(25-12-24-19)26-13-27-21)17-11-15-3-2-4-16(23)18(15)22(29-17)32-10-7-30-5-8-31-9-6-30/h2-4,11-14H,5-10H2,1H3,(H2,24,25,26,27,28). The number of imidazole rings is 1. The summed E-state index contributed by atoms with van der Waals surface area (Å²) in [5.74, 6) is 1.62. The Morgan fingerprint density at radius 2 is 2.12 bits per heavy atom. The Morgan fingerprint density at radius 3 is 3.00 bits per heavy atom. The molecular formula is C22H24ClN7OS. The second kappa shape index (κ2) is 9.58. The Balaban J connectivity index is 1.40. The highest BCUT2D eigenvalue weighted by atomic mass is 35.5. The summed E-state index contributed by atoms with van der Waals surface area (Å²) in [6, 6.07) is 8.00. The lowest BCUT2D eigenvalue weighted by molar-refractivity contribution is 0.0410. The van der Waals surface area contributed by atoms with Crippen LogP contribution in [0.5, 0.6) is 0 Å². The predicted molar refractivity (Wildman–Crippen MR) is 128 cm³/mol. The maximum absolute atomic E-state index is 6.58. The molecule has 0 amide bonds. The van der Waals surface area contributed by atoms with E-state index in [4.69, 9.17) is 21.3 Å². The van der Waals surface area contributed by atoms with Crippen LogP contribution >= 0.6 is 23.4 Å². The fraction of sp³-hybridized carbons (Fsp3) is 0.364. The number of aromatic nitrogens is 5. The van der Waals surface area contributed by atoms with Crippen LogP contribution in [0.25, 0.3) is 21.9 Å². The number of ether oxygens (including phenoxy) is 1. The molecule has 0 bridgehead atoms. The van der Waals surface area contributed by atoms with E-state index in [2.05, 4.69) is 49.2 Å². The van der Waals surface area contributed by atoms with Crippen LogP contribution in [0.2, 0.25) is 5.02 Å². The van der Waals surface area contributed by atoms with E-state index in [0.29, 0.717) is 17.0 Å². The zero-order chi connectivity index (χ0) is 21.9. The molecule has 1 fully saturated rings. The van der Waals surface area contributed by atoms with Crippen molar-refractivity contribution in [1.29, 1.82) is 0 Å². The maximum Gasteiger partial charge on any atom is 0.162 e. The van der Waals surface area contributed by atoms with Gasteiger partial charge in [-0.1, -0.05) is 23.7 Å². The molecule has 1 unspecified atom stereocenters. The van der Waals surface area contributed by atoms with Gasteiger partial charge in [0, 0.05) is 30.8 Å².